The van der Waals surface area contributed by atoms with Crippen molar-refractivity contribution < 1.29 is 4.79 Å². The van der Waals surface area contributed by atoms with E-state index in [2.05, 4.69) is 34.1 Å². The number of piperazine rings is 1. The van der Waals surface area contributed by atoms with E-state index < -0.39 is 0 Å². The molecule has 150 valence electrons. The van der Waals surface area contributed by atoms with E-state index in [1.54, 1.807) is 22.1 Å². The van der Waals surface area contributed by atoms with Crippen molar-refractivity contribution >= 4 is 22.4 Å². The number of aryl methyl sites for hydroxylation is 1. The number of likely N-dealkylation sites (N-methyl/N-ethyl adjacent to an activating group) is 1. The number of rotatable bonds is 2. The maximum Gasteiger partial charge on any atom is 0.274 e. The van der Waals surface area contributed by atoms with Gasteiger partial charge in [-0.15, -0.1) is 0 Å². The molecular weight excluding hydrogens is 384 g/mol. The van der Waals surface area contributed by atoms with Crippen molar-refractivity contribution in [3.63, 3.8) is 0 Å². The molecule has 0 aliphatic carbocycles. The molecule has 7 nitrogen and oxygen atoms in total. The second-order valence-electron chi connectivity index (χ2n) is 7.75. The average molecular weight is 409 g/mol. The number of carbonyl (C=O) groups excluding carboxylic acids is 1. The van der Waals surface area contributed by atoms with Gasteiger partial charge < -0.3 is 14.7 Å². The lowest BCUT2D eigenvalue weighted by molar-refractivity contribution is 0.0727. The highest BCUT2D eigenvalue weighted by atomic mass is 32.1. The molecule has 2 aliphatic heterocycles. The Labute approximate surface area is 174 Å². The molecule has 0 atom stereocenters. The molecule has 0 unspecified atom stereocenters. The fourth-order valence-corrected chi connectivity index (χ4v) is 5.09. The molecule has 3 aromatic rings. The Hall–Kier alpha value is -2.71. The minimum Gasteiger partial charge on any atom is -0.346 e. The van der Waals surface area contributed by atoms with E-state index in [0.29, 0.717) is 18.8 Å². The summed E-state index contributed by atoms with van der Waals surface area (Å²) in [4.78, 5) is 25.9. The summed E-state index contributed by atoms with van der Waals surface area (Å²) in [7, 11) is 3.99. The second kappa shape index (κ2) is 7.27. The molecule has 1 amide bonds. The lowest BCUT2D eigenvalue weighted by Crippen LogP contribution is -2.44. The van der Waals surface area contributed by atoms with Gasteiger partial charge in [-0.1, -0.05) is 35.6 Å². The Bertz CT molecular complexity index is 1050. The van der Waals surface area contributed by atoms with Gasteiger partial charge in [0.15, 0.2) is 5.13 Å². The SMILES string of the molecule is CN1CCN(c2nc3c(s2)CN(C(=O)c2ccn(C)n2)Cc2ccccc2-3)CC1. The Kier molecular flexibility index (Phi) is 4.60. The summed E-state index contributed by atoms with van der Waals surface area (Å²) in [6, 6.07) is 10.1. The zero-order chi connectivity index (χ0) is 20.0. The molecule has 1 saturated heterocycles. The maximum absolute atomic E-state index is 13.1. The van der Waals surface area contributed by atoms with E-state index in [-0.39, 0.29) is 5.91 Å². The highest BCUT2D eigenvalue weighted by molar-refractivity contribution is 7.16. The van der Waals surface area contributed by atoms with Crippen LogP contribution in [0.25, 0.3) is 11.3 Å². The number of anilines is 1. The Balaban J connectivity index is 1.52. The van der Waals surface area contributed by atoms with Crippen LogP contribution in [0.15, 0.2) is 36.5 Å². The van der Waals surface area contributed by atoms with Gasteiger partial charge in [0.25, 0.3) is 5.91 Å². The molecule has 1 aromatic carbocycles. The van der Waals surface area contributed by atoms with Gasteiger partial charge in [0.05, 0.1) is 17.1 Å². The summed E-state index contributed by atoms with van der Waals surface area (Å²) < 4.78 is 1.67. The van der Waals surface area contributed by atoms with E-state index in [9.17, 15) is 4.79 Å². The lowest BCUT2D eigenvalue weighted by atomic mass is 10.1. The van der Waals surface area contributed by atoms with Gasteiger partial charge in [0, 0.05) is 51.5 Å². The normalized spacial score (nSPS) is 17.0. The Morgan fingerprint density at radius 1 is 1.03 bits per heavy atom. The van der Waals surface area contributed by atoms with Crippen molar-refractivity contribution in [1.29, 1.82) is 0 Å². The van der Waals surface area contributed by atoms with Crippen molar-refractivity contribution in [2.45, 2.75) is 13.1 Å². The number of hydrogen-bond acceptors (Lipinski definition) is 6. The van der Waals surface area contributed by atoms with Gasteiger partial charge in [0.1, 0.15) is 5.69 Å². The zero-order valence-electron chi connectivity index (χ0n) is 16.7. The number of amides is 1. The predicted octanol–water partition coefficient (Wildman–Crippen LogP) is 2.45. The summed E-state index contributed by atoms with van der Waals surface area (Å²) in [5.74, 6) is -0.0391. The van der Waals surface area contributed by atoms with Crippen molar-refractivity contribution in [1.82, 2.24) is 24.6 Å². The largest absolute Gasteiger partial charge is 0.346 e. The summed E-state index contributed by atoms with van der Waals surface area (Å²) >= 11 is 1.72. The third-order valence-electron chi connectivity index (χ3n) is 5.65. The first kappa shape index (κ1) is 18.3. The van der Waals surface area contributed by atoms with Crippen molar-refractivity contribution in [2.75, 3.05) is 38.1 Å². The molecule has 8 heteroatoms. The van der Waals surface area contributed by atoms with E-state index in [0.717, 1.165) is 53.0 Å². The molecule has 2 aliphatic rings. The minimum atomic E-state index is -0.0391. The first-order chi connectivity index (χ1) is 14.1. The highest BCUT2D eigenvalue weighted by Crippen LogP contribution is 2.39. The second-order valence-corrected chi connectivity index (χ2v) is 8.81. The molecule has 0 radical (unpaired) electrons. The third kappa shape index (κ3) is 3.42. The summed E-state index contributed by atoms with van der Waals surface area (Å²) in [5, 5.41) is 5.37. The van der Waals surface area contributed by atoms with E-state index >= 15 is 0 Å². The average Bonchev–Trinajstić information content (AvgIpc) is 3.31. The number of benzene rings is 1. The molecule has 0 spiro atoms. The summed E-state index contributed by atoms with van der Waals surface area (Å²) in [6.45, 7) is 5.20. The standard InChI is InChI=1S/C21H24N6OS/c1-24-9-11-26(12-10-24)21-22-19-16-6-4-3-5-15(16)13-27(14-18(19)29-21)20(28)17-7-8-25(2)23-17/h3-8H,9-14H2,1-2H3. The van der Waals surface area contributed by atoms with Crippen molar-refractivity contribution in [2.24, 2.45) is 7.05 Å². The lowest BCUT2D eigenvalue weighted by Gasteiger charge is -2.32. The number of thiazole rings is 1. The molecule has 0 N–H and O–H groups in total. The van der Waals surface area contributed by atoms with Crippen LogP contribution in [0.4, 0.5) is 5.13 Å². The molecule has 0 bridgehead atoms. The highest BCUT2D eigenvalue weighted by Gasteiger charge is 2.29. The molecule has 5 rings (SSSR count). The van der Waals surface area contributed by atoms with Crippen LogP contribution in [0, 0.1) is 0 Å². The number of hydrogen-bond donors (Lipinski definition) is 0. The Morgan fingerprint density at radius 3 is 2.59 bits per heavy atom. The van der Waals surface area contributed by atoms with Crippen LogP contribution in [-0.4, -0.2) is 63.7 Å². The van der Waals surface area contributed by atoms with E-state index in [4.69, 9.17) is 4.98 Å². The first-order valence-electron chi connectivity index (χ1n) is 9.89. The molecule has 0 saturated carbocycles. The van der Waals surface area contributed by atoms with Crippen LogP contribution >= 0.6 is 11.3 Å². The van der Waals surface area contributed by atoms with Gasteiger partial charge in [-0.25, -0.2) is 4.98 Å². The number of fused-ring (bicyclic) bond motifs is 3. The van der Waals surface area contributed by atoms with Gasteiger partial charge in [-0.2, -0.15) is 5.10 Å². The van der Waals surface area contributed by atoms with Gasteiger partial charge >= 0.3 is 0 Å². The topological polar surface area (TPSA) is 57.5 Å². The maximum atomic E-state index is 13.1. The minimum absolute atomic E-state index is 0.0391. The number of aromatic nitrogens is 3. The Morgan fingerprint density at radius 2 is 1.83 bits per heavy atom. The number of carbonyl (C=O) groups is 1. The third-order valence-corrected chi connectivity index (χ3v) is 6.75. The summed E-state index contributed by atoms with van der Waals surface area (Å²) in [6.07, 6.45) is 1.81. The fourth-order valence-electron chi connectivity index (χ4n) is 3.95. The van der Waals surface area contributed by atoms with Crippen molar-refractivity contribution in [3.05, 3.63) is 52.7 Å². The molecular formula is C21H24N6OS. The zero-order valence-corrected chi connectivity index (χ0v) is 17.5. The number of nitrogens with zero attached hydrogens (tertiary/aromatic N) is 6. The molecule has 1 fully saturated rings. The van der Waals surface area contributed by atoms with Crippen LogP contribution in [0.3, 0.4) is 0 Å². The fraction of sp³-hybridized carbons (Fsp3) is 0.381. The van der Waals surface area contributed by atoms with Gasteiger partial charge in [-0.05, 0) is 18.7 Å². The van der Waals surface area contributed by atoms with Crippen LogP contribution in [0.1, 0.15) is 20.9 Å². The van der Waals surface area contributed by atoms with E-state index in [1.165, 1.54) is 0 Å². The molecule has 4 heterocycles. The predicted molar refractivity (Wildman–Crippen MR) is 114 cm³/mol. The van der Waals surface area contributed by atoms with Crippen LogP contribution in [0.5, 0.6) is 0 Å². The van der Waals surface area contributed by atoms with E-state index in [1.807, 2.05) is 30.3 Å². The smallest absolute Gasteiger partial charge is 0.274 e. The van der Waals surface area contributed by atoms with Crippen LogP contribution in [0.2, 0.25) is 0 Å². The van der Waals surface area contributed by atoms with Gasteiger partial charge in [-0.3, -0.25) is 9.48 Å². The molecule has 2 aromatic heterocycles. The van der Waals surface area contributed by atoms with Crippen LogP contribution in [-0.2, 0) is 20.1 Å². The molecule has 29 heavy (non-hydrogen) atoms. The summed E-state index contributed by atoms with van der Waals surface area (Å²) in [5.41, 5.74) is 3.77. The quantitative estimate of drug-likeness (QED) is 0.652. The van der Waals surface area contributed by atoms with Crippen LogP contribution < -0.4 is 4.90 Å². The monoisotopic (exact) mass is 408 g/mol. The van der Waals surface area contributed by atoms with Crippen molar-refractivity contribution in [3.8, 4) is 11.3 Å². The first-order valence-corrected chi connectivity index (χ1v) is 10.7. The van der Waals surface area contributed by atoms with Gasteiger partial charge in [0.2, 0.25) is 0 Å².